The number of sulfonamides is 1. The highest BCUT2D eigenvalue weighted by molar-refractivity contribution is 7.88. The van der Waals surface area contributed by atoms with E-state index in [1.165, 1.54) is 10.4 Å². The first-order valence-corrected chi connectivity index (χ1v) is 7.80. The SMILES string of the molecule is CS(=O)(=O)N(C1C=C[C]=C(C(N)=O)N1)[C@H]1CCNC1. The van der Waals surface area contributed by atoms with Crippen LogP contribution in [0.5, 0.6) is 0 Å². The fourth-order valence-electron chi connectivity index (χ4n) is 2.31. The summed E-state index contributed by atoms with van der Waals surface area (Å²) < 4.78 is 25.3. The third-order valence-corrected chi connectivity index (χ3v) is 4.39. The van der Waals surface area contributed by atoms with Gasteiger partial charge >= 0.3 is 0 Å². The van der Waals surface area contributed by atoms with E-state index >= 15 is 0 Å². The zero-order chi connectivity index (χ0) is 14.0. The van der Waals surface area contributed by atoms with Crippen LogP contribution in [0.1, 0.15) is 6.42 Å². The number of dihydropyridines is 1. The predicted octanol–water partition coefficient (Wildman–Crippen LogP) is -1.73. The molecule has 105 valence electrons. The number of nitrogens with two attached hydrogens (primary N) is 1. The lowest BCUT2D eigenvalue weighted by Gasteiger charge is -2.34. The normalized spacial score (nSPS) is 27.2. The van der Waals surface area contributed by atoms with Gasteiger partial charge in [0.25, 0.3) is 5.91 Å². The molecule has 1 radical (unpaired) electrons. The Morgan fingerprint density at radius 2 is 2.32 bits per heavy atom. The molecule has 0 aromatic rings. The third-order valence-electron chi connectivity index (χ3n) is 3.10. The molecule has 0 saturated carbocycles. The van der Waals surface area contributed by atoms with E-state index in [1.54, 1.807) is 6.08 Å². The molecule has 0 aromatic carbocycles. The topological polar surface area (TPSA) is 105 Å². The van der Waals surface area contributed by atoms with E-state index in [0.29, 0.717) is 6.54 Å². The molecule has 2 heterocycles. The molecule has 19 heavy (non-hydrogen) atoms. The minimum Gasteiger partial charge on any atom is -0.364 e. The summed E-state index contributed by atoms with van der Waals surface area (Å²) in [7, 11) is -3.41. The number of primary amides is 1. The molecule has 1 amide bonds. The average molecular weight is 285 g/mol. The molecule has 0 bridgehead atoms. The molecule has 1 fully saturated rings. The highest BCUT2D eigenvalue weighted by Crippen LogP contribution is 2.18. The van der Waals surface area contributed by atoms with E-state index in [1.807, 2.05) is 0 Å². The van der Waals surface area contributed by atoms with Crippen LogP contribution in [0.3, 0.4) is 0 Å². The fourth-order valence-corrected chi connectivity index (χ4v) is 3.57. The van der Waals surface area contributed by atoms with E-state index in [-0.39, 0.29) is 11.7 Å². The summed E-state index contributed by atoms with van der Waals surface area (Å²) in [6.45, 7) is 1.37. The quantitative estimate of drug-likeness (QED) is 0.569. The maximum atomic E-state index is 12.0. The molecule has 1 saturated heterocycles. The van der Waals surface area contributed by atoms with Gasteiger partial charge in [-0.3, -0.25) is 4.79 Å². The molecule has 2 aliphatic heterocycles. The number of nitrogens with one attached hydrogen (secondary N) is 2. The molecular weight excluding hydrogens is 268 g/mol. The van der Waals surface area contributed by atoms with Crippen LogP contribution < -0.4 is 16.4 Å². The van der Waals surface area contributed by atoms with Gasteiger partial charge in [0.15, 0.2) is 0 Å². The maximum Gasteiger partial charge on any atom is 0.265 e. The second-order valence-corrected chi connectivity index (χ2v) is 6.46. The van der Waals surface area contributed by atoms with Gasteiger partial charge in [0.2, 0.25) is 10.0 Å². The minimum atomic E-state index is -3.41. The summed E-state index contributed by atoms with van der Waals surface area (Å²) in [6, 6.07) is -0.135. The summed E-state index contributed by atoms with van der Waals surface area (Å²) in [5.74, 6) is -0.660. The van der Waals surface area contributed by atoms with E-state index in [2.05, 4.69) is 16.7 Å². The maximum absolute atomic E-state index is 12.0. The first-order valence-electron chi connectivity index (χ1n) is 5.95. The fraction of sp³-hybridized carbons (Fsp3) is 0.545. The van der Waals surface area contributed by atoms with Gasteiger partial charge in [0.05, 0.1) is 6.26 Å². The predicted molar refractivity (Wildman–Crippen MR) is 70.0 cm³/mol. The van der Waals surface area contributed by atoms with Crippen molar-refractivity contribution >= 4 is 15.9 Å². The van der Waals surface area contributed by atoms with Crippen molar-refractivity contribution in [2.75, 3.05) is 19.3 Å². The number of carbonyl (C=O) groups is 1. The van der Waals surface area contributed by atoms with Crippen molar-refractivity contribution < 1.29 is 13.2 Å². The lowest BCUT2D eigenvalue weighted by Crippen LogP contribution is -2.54. The van der Waals surface area contributed by atoms with Crippen LogP contribution in [0.4, 0.5) is 0 Å². The van der Waals surface area contributed by atoms with Crippen molar-refractivity contribution in [1.29, 1.82) is 0 Å². The Bertz CT molecular complexity index is 520. The van der Waals surface area contributed by atoms with Gasteiger partial charge in [0, 0.05) is 18.7 Å². The number of hydrogen-bond acceptors (Lipinski definition) is 5. The van der Waals surface area contributed by atoms with Crippen molar-refractivity contribution in [2.24, 2.45) is 5.73 Å². The summed E-state index contributed by atoms with van der Waals surface area (Å²) in [5, 5.41) is 5.93. The Hall–Kier alpha value is -1.38. The highest BCUT2D eigenvalue weighted by atomic mass is 32.2. The van der Waals surface area contributed by atoms with Gasteiger partial charge in [-0.1, -0.05) is 6.08 Å². The number of rotatable bonds is 4. The molecule has 0 aliphatic carbocycles. The number of carbonyl (C=O) groups excluding carboxylic acids is 1. The van der Waals surface area contributed by atoms with Crippen molar-refractivity contribution in [3.05, 3.63) is 23.9 Å². The smallest absolute Gasteiger partial charge is 0.265 e. The third kappa shape index (κ3) is 3.14. The second kappa shape index (κ2) is 5.32. The highest BCUT2D eigenvalue weighted by Gasteiger charge is 2.35. The summed E-state index contributed by atoms with van der Waals surface area (Å²) in [6.07, 6.45) is 7.11. The zero-order valence-electron chi connectivity index (χ0n) is 10.6. The summed E-state index contributed by atoms with van der Waals surface area (Å²) >= 11 is 0. The zero-order valence-corrected chi connectivity index (χ0v) is 11.4. The Balaban J connectivity index is 2.23. The number of allylic oxidation sites excluding steroid dienone is 2. The van der Waals surface area contributed by atoms with Crippen molar-refractivity contribution in [3.8, 4) is 0 Å². The summed E-state index contributed by atoms with van der Waals surface area (Å²) in [5.41, 5.74) is 5.27. The molecular formula is C11H17N4O3S. The minimum absolute atomic E-state index is 0.0899. The lowest BCUT2D eigenvalue weighted by molar-refractivity contribution is -0.115. The van der Waals surface area contributed by atoms with Crippen molar-refractivity contribution in [3.63, 3.8) is 0 Å². The molecule has 8 heteroatoms. The van der Waals surface area contributed by atoms with Gasteiger partial charge in [-0.15, -0.1) is 0 Å². The van der Waals surface area contributed by atoms with E-state index < -0.39 is 22.1 Å². The number of hydrogen-bond donors (Lipinski definition) is 3. The van der Waals surface area contributed by atoms with Gasteiger partial charge < -0.3 is 16.4 Å². The largest absolute Gasteiger partial charge is 0.364 e. The Morgan fingerprint density at radius 3 is 2.84 bits per heavy atom. The molecule has 1 unspecified atom stereocenters. The van der Waals surface area contributed by atoms with Crippen molar-refractivity contribution in [1.82, 2.24) is 14.9 Å². The average Bonchev–Trinajstić information content (AvgIpc) is 2.81. The molecule has 4 N–H and O–H groups in total. The number of nitrogens with zero attached hydrogens (tertiary/aromatic N) is 1. The molecule has 7 nitrogen and oxygen atoms in total. The van der Waals surface area contributed by atoms with Crippen LogP contribution in [-0.4, -0.2) is 50.2 Å². The van der Waals surface area contributed by atoms with Gasteiger partial charge in [-0.2, -0.15) is 4.31 Å². The van der Waals surface area contributed by atoms with E-state index in [0.717, 1.165) is 19.2 Å². The van der Waals surface area contributed by atoms with Crippen LogP contribution in [0, 0.1) is 6.08 Å². The van der Waals surface area contributed by atoms with Gasteiger partial charge in [0.1, 0.15) is 11.9 Å². The van der Waals surface area contributed by atoms with E-state index in [4.69, 9.17) is 5.73 Å². The molecule has 2 aliphatic rings. The van der Waals surface area contributed by atoms with Crippen LogP contribution in [0.25, 0.3) is 0 Å². The van der Waals surface area contributed by atoms with Crippen LogP contribution >= 0.6 is 0 Å². The molecule has 2 atom stereocenters. The standard InChI is InChI=1S/C11H17N4O3S/c1-19(17,18)15(8-5-6-13-7-8)10-4-2-3-9(14-10)11(12)16/h2,4,8,10,13-14H,5-7H2,1H3,(H2,12,16)/t8-,10?/m0/s1. The lowest BCUT2D eigenvalue weighted by atomic mass is 10.2. The number of amides is 1. The Labute approximate surface area is 112 Å². The van der Waals surface area contributed by atoms with Crippen molar-refractivity contribution in [2.45, 2.75) is 18.6 Å². The molecule has 2 rings (SSSR count). The first-order chi connectivity index (χ1) is 8.89. The second-order valence-electron chi connectivity index (χ2n) is 4.57. The van der Waals surface area contributed by atoms with Gasteiger partial charge in [-0.25, -0.2) is 8.42 Å². The monoisotopic (exact) mass is 285 g/mol. The first kappa shape index (κ1) is 14.0. The van der Waals surface area contributed by atoms with E-state index in [9.17, 15) is 13.2 Å². The van der Waals surface area contributed by atoms with Crippen LogP contribution in [0.2, 0.25) is 0 Å². The molecule has 0 spiro atoms. The Morgan fingerprint density at radius 1 is 1.58 bits per heavy atom. The van der Waals surface area contributed by atoms with Crippen LogP contribution in [0.15, 0.2) is 17.8 Å². The van der Waals surface area contributed by atoms with Gasteiger partial charge in [-0.05, 0) is 19.0 Å². The molecule has 0 aromatic heterocycles. The van der Waals surface area contributed by atoms with Crippen LogP contribution in [-0.2, 0) is 14.8 Å². The summed E-state index contributed by atoms with van der Waals surface area (Å²) in [4.78, 5) is 11.1. The Kier molecular flexibility index (Phi) is 3.93.